The average Bonchev–Trinajstić information content (AvgIpc) is 3.40. The number of carbonyl (C=O) groups is 1. The van der Waals surface area contributed by atoms with Crippen LogP contribution >= 0.6 is 11.3 Å². The van der Waals surface area contributed by atoms with Gasteiger partial charge in [0.1, 0.15) is 5.75 Å². The van der Waals surface area contributed by atoms with Crippen molar-refractivity contribution in [2.45, 2.75) is 65.0 Å². The van der Waals surface area contributed by atoms with Crippen LogP contribution in [0.1, 0.15) is 53.2 Å². The van der Waals surface area contributed by atoms with Crippen molar-refractivity contribution in [1.82, 2.24) is 15.2 Å². The lowest BCUT2D eigenvalue weighted by Gasteiger charge is -2.42. The molecule has 210 valence electrons. The number of anilines is 1. The number of aromatic nitrogens is 1. The second kappa shape index (κ2) is 12.8. The Bertz CT molecular complexity index is 1190. The molecule has 0 unspecified atom stereocenters. The van der Waals surface area contributed by atoms with Gasteiger partial charge in [-0.1, -0.05) is 0 Å². The highest BCUT2D eigenvalue weighted by Crippen LogP contribution is 2.30. The van der Waals surface area contributed by atoms with E-state index in [-0.39, 0.29) is 17.7 Å². The Morgan fingerprint density at radius 2 is 1.82 bits per heavy atom. The second-order valence-electron chi connectivity index (χ2n) is 10.1. The maximum Gasteiger partial charge on any atom is 0.573 e. The van der Waals surface area contributed by atoms with Gasteiger partial charge in [-0.05, 0) is 97.8 Å². The number of nitrogens with one attached hydrogen (secondary N) is 1. The van der Waals surface area contributed by atoms with Gasteiger partial charge in [-0.25, -0.2) is 0 Å². The van der Waals surface area contributed by atoms with Crippen LogP contribution in [-0.2, 0) is 6.54 Å². The first-order valence-corrected chi connectivity index (χ1v) is 14.1. The minimum atomic E-state index is -4.71. The molecule has 3 heterocycles. The smallest absolute Gasteiger partial charge is 0.406 e. The molecule has 10 heteroatoms. The Balaban J connectivity index is 1.32. The van der Waals surface area contributed by atoms with Gasteiger partial charge in [0.05, 0.1) is 0 Å². The maximum atomic E-state index is 12.7. The lowest BCUT2D eigenvalue weighted by atomic mass is 9.99. The molecule has 1 atom stereocenters. The highest BCUT2D eigenvalue weighted by Gasteiger charge is 2.31. The third-order valence-corrected chi connectivity index (χ3v) is 8.03. The Labute approximate surface area is 231 Å². The minimum absolute atomic E-state index is 0.0611. The van der Waals surface area contributed by atoms with Crippen LogP contribution in [-0.4, -0.2) is 53.9 Å². The van der Waals surface area contributed by atoms with E-state index in [9.17, 15) is 18.0 Å². The van der Waals surface area contributed by atoms with Crippen molar-refractivity contribution in [3.8, 4) is 5.75 Å². The van der Waals surface area contributed by atoms with Gasteiger partial charge in [0, 0.05) is 61.9 Å². The first kappa shape index (κ1) is 28.9. The van der Waals surface area contributed by atoms with Gasteiger partial charge in [0.25, 0.3) is 5.91 Å². The predicted molar refractivity (Wildman–Crippen MR) is 148 cm³/mol. The van der Waals surface area contributed by atoms with Gasteiger partial charge in [-0.3, -0.25) is 9.78 Å². The average molecular weight is 561 g/mol. The van der Waals surface area contributed by atoms with Gasteiger partial charge in [0.15, 0.2) is 0 Å². The summed E-state index contributed by atoms with van der Waals surface area (Å²) in [6.07, 6.45) is 1.44. The van der Waals surface area contributed by atoms with E-state index >= 15 is 0 Å². The molecule has 1 saturated heterocycles. The number of amides is 1. The van der Waals surface area contributed by atoms with E-state index in [1.807, 2.05) is 19.2 Å². The molecule has 1 fully saturated rings. The lowest BCUT2D eigenvalue weighted by Crippen LogP contribution is -2.48. The molecule has 0 radical (unpaired) electrons. The molecule has 6 nitrogen and oxygen atoms in total. The fourth-order valence-electron chi connectivity index (χ4n) is 5.21. The number of piperidine rings is 1. The summed E-state index contributed by atoms with van der Waals surface area (Å²) in [5, 5.41) is 7.20. The number of hydrogen-bond donors (Lipinski definition) is 1. The molecule has 39 heavy (non-hydrogen) atoms. The van der Waals surface area contributed by atoms with Crippen molar-refractivity contribution in [2.24, 2.45) is 0 Å². The number of halogens is 3. The number of ether oxygens (including phenoxy) is 1. The van der Waals surface area contributed by atoms with E-state index in [1.165, 1.54) is 17.7 Å². The third-order valence-electron chi connectivity index (χ3n) is 7.30. The predicted octanol–water partition coefficient (Wildman–Crippen LogP) is 6.34. The normalized spacial score (nSPS) is 15.6. The number of rotatable bonds is 10. The van der Waals surface area contributed by atoms with E-state index in [4.69, 9.17) is 0 Å². The molecule has 2 aromatic heterocycles. The molecule has 0 saturated carbocycles. The number of aryl methyl sites for hydroxylation is 2. The largest absolute Gasteiger partial charge is 0.573 e. The standard InChI is InChI=1S/C29H35F3N4O2S/c1-20-16-33-17-21(2)27(20)28(37)34-12-8-22(3)35-13-9-25(10-14-35)36(18-23-11-15-39-19-23)24-4-6-26(7-5-24)38-29(30,31)32/h4-7,11,15-17,19,22,25H,8-10,12-14,18H2,1-3H3,(H,34,37)/t22-/m1/s1. The van der Waals surface area contributed by atoms with Crippen molar-refractivity contribution < 1.29 is 22.7 Å². The van der Waals surface area contributed by atoms with Crippen molar-refractivity contribution in [1.29, 1.82) is 0 Å². The first-order chi connectivity index (χ1) is 18.6. The van der Waals surface area contributed by atoms with Crippen LogP contribution in [0.4, 0.5) is 18.9 Å². The second-order valence-corrected chi connectivity index (χ2v) is 10.9. The molecule has 3 aromatic rings. The fourth-order valence-corrected chi connectivity index (χ4v) is 5.87. The first-order valence-electron chi connectivity index (χ1n) is 13.2. The SMILES string of the molecule is Cc1cncc(C)c1C(=O)NCC[C@@H](C)N1CCC(N(Cc2ccsc2)c2ccc(OC(F)(F)F)cc2)CC1. The topological polar surface area (TPSA) is 57.7 Å². The van der Waals surface area contributed by atoms with E-state index in [1.54, 1.807) is 35.9 Å². The molecule has 1 amide bonds. The van der Waals surface area contributed by atoms with Crippen LogP contribution in [0.25, 0.3) is 0 Å². The van der Waals surface area contributed by atoms with Crippen LogP contribution in [0.2, 0.25) is 0 Å². The van der Waals surface area contributed by atoms with Crippen molar-refractivity contribution in [3.63, 3.8) is 0 Å². The molecule has 4 rings (SSSR count). The number of pyridine rings is 1. The minimum Gasteiger partial charge on any atom is -0.406 e. The summed E-state index contributed by atoms with van der Waals surface area (Å²) in [6.45, 7) is 9.11. The summed E-state index contributed by atoms with van der Waals surface area (Å²) < 4.78 is 41.9. The Morgan fingerprint density at radius 3 is 2.41 bits per heavy atom. The quantitative estimate of drug-likeness (QED) is 0.314. The molecule has 1 aliphatic heterocycles. The van der Waals surface area contributed by atoms with E-state index < -0.39 is 6.36 Å². The number of hydrogen-bond acceptors (Lipinski definition) is 6. The zero-order valence-corrected chi connectivity index (χ0v) is 23.3. The summed E-state index contributed by atoms with van der Waals surface area (Å²) in [6, 6.07) is 8.83. The highest BCUT2D eigenvalue weighted by molar-refractivity contribution is 7.07. The van der Waals surface area contributed by atoms with Gasteiger partial charge < -0.3 is 19.9 Å². The number of carbonyl (C=O) groups excluding carboxylic acids is 1. The molecular formula is C29H35F3N4O2S. The summed E-state index contributed by atoms with van der Waals surface area (Å²) in [5.74, 6) is -0.277. The zero-order chi connectivity index (χ0) is 28.0. The van der Waals surface area contributed by atoms with Crippen LogP contribution < -0.4 is 15.0 Å². The molecule has 0 aliphatic carbocycles. The number of thiophene rings is 1. The summed E-state index contributed by atoms with van der Waals surface area (Å²) in [7, 11) is 0. The maximum absolute atomic E-state index is 12.7. The number of likely N-dealkylation sites (tertiary alicyclic amines) is 1. The van der Waals surface area contributed by atoms with Crippen LogP contribution in [0.3, 0.4) is 0 Å². The van der Waals surface area contributed by atoms with Gasteiger partial charge in [-0.15, -0.1) is 13.2 Å². The molecule has 1 N–H and O–H groups in total. The molecule has 1 aliphatic rings. The molecule has 0 bridgehead atoms. The summed E-state index contributed by atoms with van der Waals surface area (Å²) >= 11 is 1.63. The molecule has 0 spiro atoms. The summed E-state index contributed by atoms with van der Waals surface area (Å²) in [4.78, 5) is 21.6. The zero-order valence-electron chi connectivity index (χ0n) is 22.5. The van der Waals surface area contributed by atoms with Crippen molar-refractivity contribution in [3.05, 3.63) is 75.7 Å². The fraction of sp³-hybridized carbons (Fsp3) is 0.448. The number of alkyl halides is 3. The van der Waals surface area contributed by atoms with Gasteiger partial charge >= 0.3 is 6.36 Å². The van der Waals surface area contributed by atoms with Crippen LogP contribution in [0.5, 0.6) is 5.75 Å². The van der Waals surface area contributed by atoms with E-state index in [0.29, 0.717) is 24.7 Å². The number of nitrogens with zero attached hydrogens (tertiary/aromatic N) is 3. The van der Waals surface area contributed by atoms with E-state index in [2.05, 4.69) is 43.2 Å². The summed E-state index contributed by atoms with van der Waals surface area (Å²) in [5.41, 5.74) is 4.50. The Morgan fingerprint density at radius 1 is 1.15 bits per heavy atom. The van der Waals surface area contributed by atoms with Crippen LogP contribution in [0.15, 0.2) is 53.5 Å². The highest BCUT2D eigenvalue weighted by atomic mass is 32.1. The Hall–Kier alpha value is -3.11. The number of benzene rings is 1. The lowest BCUT2D eigenvalue weighted by molar-refractivity contribution is -0.274. The van der Waals surface area contributed by atoms with E-state index in [0.717, 1.165) is 49.2 Å². The van der Waals surface area contributed by atoms with Crippen molar-refractivity contribution in [2.75, 3.05) is 24.5 Å². The van der Waals surface area contributed by atoms with Gasteiger partial charge in [-0.2, -0.15) is 11.3 Å². The van der Waals surface area contributed by atoms with Crippen LogP contribution in [0, 0.1) is 13.8 Å². The van der Waals surface area contributed by atoms with Gasteiger partial charge in [0.2, 0.25) is 0 Å². The molecular weight excluding hydrogens is 525 g/mol. The Kier molecular flexibility index (Phi) is 9.50. The monoisotopic (exact) mass is 560 g/mol. The molecule has 1 aromatic carbocycles. The third kappa shape index (κ3) is 7.95. The van der Waals surface area contributed by atoms with Crippen molar-refractivity contribution >= 4 is 22.9 Å².